The molecular weight excluding hydrogens is 344 g/mol. The summed E-state index contributed by atoms with van der Waals surface area (Å²) in [5, 5.41) is 14.6. The Morgan fingerprint density at radius 3 is 2.48 bits per heavy atom. The monoisotopic (exact) mass is 367 g/mol. The Morgan fingerprint density at radius 1 is 1.35 bits per heavy atom. The van der Waals surface area contributed by atoms with Crippen molar-refractivity contribution >= 4 is 30.5 Å². The number of nitro benzene ring substituents is 1. The van der Waals surface area contributed by atoms with Gasteiger partial charge in [-0.15, -0.1) is 24.8 Å². The quantitative estimate of drug-likeness (QED) is 0.638. The molecule has 5 nitrogen and oxygen atoms in total. The summed E-state index contributed by atoms with van der Waals surface area (Å²) in [6, 6.07) is 3.89. The smallest absolute Gasteiger partial charge is 0.277 e. The maximum absolute atomic E-state index is 13.4. The second-order valence-corrected chi connectivity index (χ2v) is 5.58. The number of benzene rings is 1. The molecular formula is C15H24Cl2FN3O2. The largest absolute Gasteiger partial charge is 0.314 e. The van der Waals surface area contributed by atoms with Crippen LogP contribution >= 0.6 is 24.8 Å². The molecule has 1 aromatic rings. The van der Waals surface area contributed by atoms with E-state index in [4.69, 9.17) is 0 Å². The van der Waals surface area contributed by atoms with E-state index < -0.39 is 10.7 Å². The maximum atomic E-state index is 13.4. The van der Waals surface area contributed by atoms with E-state index in [9.17, 15) is 14.5 Å². The molecule has 0 spiro atoms. The van der Waals surface area contributed by atoms with E-state index in [0.717, 1.165) is 38.7 Å². The summed E-state index contributed by atoms with van der Waals surface area (Å²) >= 11 is 0. The van der Waals surface area contributed by atoms with Crippen molar-refractivity contribution in [1.82, 2.24) is 10.2 Å². The minimum atomic E-state index is -0.561. The maximum Gasteiger partial charge on any atom is 0.277 e. The van der Waals surface area contributed by atoms with Gasteiger partial charge in [0, 0.05) is 37.8 Å². The van der Waals surface area contributed by atoms with Crippen LogP contribution in [0.2, 0.25) is 0 Å². The molecule has 0 bridgehead atoms. The van der Waals surface area contributed by atoms with Gasteiger partial charge in [-0.25, -0.2) is 4.39 Å². The summed E-state index contributed by atoms with van der Waals surface area (Å²) in [7, 11) is 0. The second kappa shape index (κ2) is 10.0. The molecule has 0 radical (unpaired) electrons. The first-order valence-electron chi connectivity index (χ1n) is 7.43. The number of nitrogens with zero attached hydrogens (tertiary/aromatic N) is 2. The molecule has 0 aromatic heterocycles. The lowest BCUT2D eigenvalue weighted by Crippen LogP contribution is -2.46. The minimum Gasteiger partial charge on any atom is -0.314 e. The summed E-state index contributed by atoms with van der Waals surface area (Å²) in [5.41, 5.74) is 0.511. The molecule has 1 unspecified atom stereocenters. The number of rotatable bonds is 5. The fourth-order valence-corrected chi connectivity index (χ4v) is 2.97. The molecule has 0 saturated carbocycles. The van der Waals surface area contributed by atoms with Crippen LogP contribution in [0.4, 0.5) is 10.1 Å². The van der Waals surface area contributed by atoms with Crippen molar-refractivity contribution in [1.29, 1.82) is 0 Å². The van der Waals surface area contributed by atoms with E-state index in [1.165, 1.54) is 6.07 Å². The molecule has 1 saturated heterocycles. The molecule has 1 aliphatic heterocycles. The SMILES string of the molecule is CCC(C)[C@H](c1ccc(F)cc1[N+](=O)[O-])N1CCNCC1.Cl.Cl. The average Bonchev–Trinajstić information content (AvgIpc) is 2.49. The minimum absolute atomic E-state index is 0. The molecule has 0 aliphatic carbocycles. The lowest BCUT2D eigenvalue weighted by Gasteiger charge is -2.38. The van der Waals surface area contributed by atoms with Gasteiger partial charge < -0.3 is 5.32 Å². The Hall–Kier alpha value is -0.950. The zero-order valence-corrected chi connectivity index (χ0v) is 15.0. The van der Waals surface area contributed by atoms with Gasteiger partial charge in [0.05, 0.1) is 11.0 Å². The fourth-order valence-electron chi connectivity index (χ4n) is 2.97. The average molecular weight is 368 g/mol. The standard InChI is InChI=1S/C15H22FN3O2.2ClH/c1-3-11(2)15(18-8-6-17-7-9-18)13-5-4-12(16)10-14(13)19(20)21;;/h4-5,10-11,15,17H,3,6-9H2,1-2H3;2*1H/t11?,15-;;/m1../s1. The van der Waals surface area contributed by atoms with Gasteiger partial charge in [0.25, 0.3) is 5.69 Å². The van der Waals surface area contributed by atoms with Gasteiger partial charge in [0.2, 0.25) is 0 Å². The highest BCUT2D eigenvalue weighted by atomic mass is 35.5. The summed E-state index contributed by atoms with van der Waals surface area (Å²) in [5.74, 6) is -0.291. The lowest BCUT2D eigenvalue weighted by atomic mass is 9.89. The Kier molecular flexibility index (Phi) is 9.61. The third-order valence-electron chi connectivity index (χ3n) is 4.24. The van der Waals surface area contributed by atoms with Gasteiger partial charge >= 0.3 is 0 Å². The molecule has 0 amide bonds. The number of nitro groups is 1. The van der Waals surface area contributed by atoms with Crippen molar-refractivity contribution < 1.29 is 9.31 Å². The first-order valence-corrected chi connectivity index (χ1v) is 7.43. The summed E-state index contributed by atoms with van der Waals surface area (Å²) in [4.78, 5) is 13.1. The number of halogens is 3. The Balaban J connectivity index is 0.00000242. The predicted molar refractivity (Wildman–Crippen MR) is 94.2 cm³/mol. The summed E-state index contributed by atoms with van der Waals surface area (Å²) in [6.45, 7) is 7.63. The van der Waals surface area contributed by atoms with Crippen LogP contribution < -0.4 is 5.32 Å². The molecule has 2 atom stereocenters. The molecule has 1 N–H and O–H groups in total. The lowest BCUT2D eigenvalue weighted by molar-refractivity contribution is -0.386. The first-order chi connectivity index (χ1) is 10.0. The zero-order chi connectivity index (χ0) is 15.4. The van der Waals surface area contributed by atoms with E-state index in [-0.39, 0.29) is 42.5 Å². The molecule has 2 rings (SSSR count). The number of hydrogen-bond acceptors (Lipinski definition) is 4. The topological polar surface area (TPSA) is 58.4 Å². The molecule has 1 fully saturated rings. The third-order valence-corrected chi connectivity index (χ3v) is 4.24. The summed E-state index contributed by atoms with van der Waals surface area (Å²) in [6.07, 6.45) is 0.920. The van der Waals surface area contributed by atoms with Crippen LogP contribution in [-0.4, -0.2) is 36.0 Å². The fraction of sp³-hybridized carbons (Fsp3) is 0.600. The van der Waals surface area contributed by atoms with Crippen molar-refractivity contribution in [3.63, 3.8) is 0 Å². The van der Waals surface area contributed by atoms with Crippen LogP contribution in [0.3, 0.4) is 0 Å². The van der Waals surface area contributed by atoms with E-state index >= 15 is 0 Å². The molecule has 23 heavy (non-hydrogen) atoms. The highest BCUT2D eigenvalue weighted by Gasteiger charge is 2.31. The first kappa shape index (κ1) is 22.1. The molecule has 132 valence electrons. The predicted octanol–water partition coefficient (Wildman–Crippen LogP) is 3.57. The number of hydrogen-bond donors (Lipinski definition) is 1. The van der Waals surface area contributed by atoms with Gasteiger partial charge in [-0.2, -0.15) is 0 Å². The van der Waals surface area contributed by atoms with Gasteiger partial charge in [-0.05, 0) is 18.1 Å². The van der Waals surface area contributed by atoms with Crippen molar-refractivity contribution in [2.24, 2.45) is 5.92 Å². The van der Waals surface area contributed by atoms with Crippen LogP contribution in [-0.2, 0) is 0 Å². The van der Waals surface area contributed by atoms with Gasteiger partial charge in [0.1, 0.15) is 5.82 Å². The molecule has 1 heterocycles. The second-order valence-electron chi connectivity index (χ2n) is 5.58. The normalized spacial score (nSPS) is 17.5. The van der Waals surface area contributed by atoms with E-state index in [2.05, 4.69) is 24.1 Å². The van der Waals surface area contributed by atoms with Crippen LogP contribution in [0.15, 0.2) is 18.2 Å². The van der Waals surface area contributed by atoms with Crippen LogP contribution in [0.5, 0.6) is 0 Å². The van der Waals surface area contributed by atoms with Crippen molar-refractivity contribution in [3.8, 4) is 0 Å². The summed E-state index contributed by atoms with van der Waals surface area (Å²) < 4.78 is 13.4. The van der Waals surface area contributed by atoms with Crippen LogP contribution in [0, 0.1) is 21.8 Å². The Morgan fingerprint density at radius 2 is 1.96 bits per heavy atom. The van der Waals surface area contributed by atoms with Gasteiger partial charge in [0.15, 0.2) is 0 Å². The molecule has 1 aliphatic rings. The van der Waals surface area contributed by atoms with Crippen LogP contribution in [0.1, 0.15) is 31.9 Å². The molecule has 1 aromatic carbocycles. The van der Waals surface area contributed by atoms with Crippen molar-refractivity contribution in [2.45, 2.75) is 26.3 Å². The Bertz CT molecular complexity index is 513. The van der Waals surface area contributed by atoms with Crippen molar-refractivity contribution in [2.75, 3.05) is 26.2 Å². The van der Waals surface area contributed by atoms with Gasteiger partial charge in [-0.3, -0.25) is 15.0 Å². The Labute approximate surface area is 148 Å². The van der Waals surface area contributed by atoms with Gasteiger partial charge in [-0.1, -0.05) is 20.3 Å². The highest BCUT2D eigenvalue weighted by Crippen LogP contribution is 2.36. The van der Waals surface area contributed by atoms with Crippen LogP contribution in [0.25, 0.3) is 0 Å². The number of nitrogens with one attached hydrogen (secondary N) is 1. The highest BCUT2D eigenvalue weighted by molar-refractivity contribution is 5.85. The van der Waals surface area contributed by atoms with E-state index in [1.807, 2.05) is 0 Å². The number of piperazine rings is 1. The third kappa shape index (κ3) is 5.28. The van der Waals surface area contributed by atoms with E-state index in [0.29, 0.717) is 5.56 Å². The molecule has 8 heteroatoms. The zero-order valence-electron chi connectivity index (χ0n) is 13.3. The van der Waals surface area contributed by atoms with Crippen molar-refractivity contribution in [3.05, 3.63) is 39.7 Å². The van der Waals surface area contributed by atoms with E-state index in [1.54, 1.807) is 6.07 Å².